The summed E-state index contributed by atoms with van der Waals surface area (Å²) in [7, 11) is 3.89. The summed E-state index contributed by atoms with van der Waals surface area (Å²) < 4.78 is 5.73. The summed E-state index contributed by atoms with van der Waals surface area (Å²) in [4.78, 5) is 6.52. The van der Waals surface area contributed by atoms with E-state index in [0.717, 1.165) is 55.8 Å². The third-order valence-corrected chi connectivity index (χ3v) is 4.08. The smallest absolute Gasteiger partial charge is 0.191 e. The van der Waals surface area contributed by atoms with Gasteiger partial charge >= 0.3 is 0 Å². The molecular formula is C16H25ClN4O. The number of aliphatic imine (C=N–C) groups is 1. The number of benzene rings is 1. The zero-order valence-electron chi connectivity index (χ0n) is 13.3. The molecule has 0 spiro atoms. The van der Waals surface area contributed by atoms with Crippen molar-refractivity contribution in [3.63, 3.8) is 0 Å². The first-order valence-corrected chi connectivity index (χ1v) is 8.05. The van der Waals surface area contributed by atoms with E-state index in [4.69, 9.17) is 16.3 Å². The highest BCUT2D eigenvalue weighted by molar-refractivity contribution is 6.31. The molecular weight excluding hydrogens is 300 g/mol. The van der Waals surface area contributed by atoms with E-state index in [1.807, 2.05) is 24.3 Å². The number of hydrogen-bond donors (Lipinski definition) is 2. The molecule has 2 rings (SSSR count). The highest BCUT2D eigenvalue weighted by Crippen LogP contribution is 2.14. The van der Waals surface area contributed by atoms with Gasteiger partial charge in [-0.1, -0.05) is 29.8 Å². The average molecular weight is 325 g/mol. The van der Waals surface area contributed by atoms with Crippen LogP contribution in [0, 0.1) is 0 Å². The molecule has 0 aliphatic carbocycles. The largest absolute Gasteiger partial charge is 0.374 e. The highest BCUT2D eigenvalue weighted by atomic mass is 35.5. The minimum Gasteiger partial charge on any atom is -0.374 e. The van der Waals surface area contributed by atoms with Gasteiger partial charge in [0.15, 0.2) is 5.96 Å². The molecule has 122 valence electrons. The van der Waals surface area contributed by atoms with Crippen LogP contribution in [0.3, 0.4) is 0 Å². The van der Waals surface area contributed by atoms with Gasteiger partial charge in [0.25, 0.3) is 0 Å². The van der Waals surface area contributed by atoms with Crippen molar-refractivity contribution in [1.29, 1.82) is 0 Å². The van der Waals surface area contributed by atoms with E-state index in [-0.39, 0.29) is 6.10 Å². The van der Waals surface area contributed by atoms with Gasteiger partial charge < -0.3 is 20.3 Å². The lowest BCUT2D eigenvalue weighted by atomic mass is 10.1. The number of guanidine groups is 1. The fraction of sp³-hybridized carbons (Fsp3) is 0.562. The first-order valence-electron chi connectivity index (χ1n) is 7.67. The van der Waals surface area contributed by atoms with E-state index in [9.17, 15) is 0 Å². The summed E-state index contributed by atoms with van der Waals surface area (Å²) in [6.07, 6.45) is 1.07. The van der Waals surface area contributed by atoms with E-state index < -0.39 is 0 Å². The Morgan fingerprint density at radius 2 is 2.23 bits per heavy atom. The van der Waals surface area contributed by atoms with E-state index >= 15 is 0 Å². The number of ether oxygens (including phenoxy) is 1. The molecule has 0 bridgehead atoms. The Morgan fingerprint density at radius 3 is 2.95 bits per heavy atom. The Morgan fingerprint density at radius 1 is 1.41 bits per heavy atom. The second-order valence-corrected chi connectivity index (χ2v) is 5.88. The third kappa shape index (κ3) is 5.48. The van der Waals surface area contributed by atoms with Crippen LogP contribution >= 0.6 is 11.6 Å². The minimum absolute atomic E-state index is 0.209. The van der Waals surface area contributed by atoms with Crippen LogP contribution in [0.25, 0.3) is 0 Å². The Balaban J connectivity index is 1.70. The fourth-order valence-electron chi connectivity index (χ4n) is 2.44. The second kappa shape index (κ2) is 8.98. The molecule has 5 nitrogen and oxygen atoms in total. The SMILES string of the molecule is CN=C(NCCc1ccccc1Cl)NCC1CN(C)CCO1. The molecule has 22 heavy (non-hydrogen) atoms. The maximum Gasteiger partial charge on any atom is 0.191 e. The molecule has 1 unspecified atom stereocenters. The average Bonchev–Trinajstić information content (AvgIpc) is 2.52. The van der Waals surface area contributed by atoms with Gasteiger partial charge in [-0.2, -0.15) is 0 Å². The normalized spacial score (nSPS) is 20.0. The van der Waals surface area contributed by atoms with Gasteiger partial charge in [0, 0.05) is 38.2 Å². The Kier molecular flexibility index (Phi) is 6.96. The molecule has 1 saturated heterocycles. The van der Waals surface area contributed by atoms with Crippen LogP contribution in [0.5, 0.6) is 0 Å². The number of hydrogen-bond acceptors (Lipinski definition) is 3. The van der Waals surface area contributed by atoms with Gasteiger partial charge in [0.2, 0.25) is 0 Å². The van der Waals surface area contributed by atoms with Crippen LogP contribution in [0.1, 0.15) is 5.56 Å². The molecule has 6 heteroatoms. The van der Waals surface area contributed by atoms with E-state index in [1.54, 1.807) is 7.05 Å². The Hall–Kier alpha value is -1.30. The molecule has 1 aromatic rings. The predicted octanol–water partition coefficient (Wildman–Crippen LogP) is 1.38. The van der Waals surface area contributed by atoms with Crippen molar-refractivity contribution < 1.29 is 4.74 Å². The maximum absolute atomic E-state index is 6.15. The molecule has 1 aliphatic rings. The molecule has 0 amide bonds. The molecule has 1 fully saturated rings. The lowest BCUT2D eigenvalue weighted by molar-refractivity contribution is -0.0161. The number of likely N-dealkylation sites (N-methyl/N-ethyl adjacent to an activating group) is 1. The molecule has 1 aliphatic heterocycles. The number of halogens is 1. The first kappa shape index (κ1) is 17.1. The van der Waals surface area contributed by atoms with Crippen LogP contribution in [-0.4, -0.2) is 63.8 Å². The monoisotopic (exact) mass is 324 g/mol. The van der Waals surface area contributed by atoms with Gasteiger partial charge in [-0.25, -0.2) is 0 Å². The first-order chi connectivity index (χ1) is 10.7. The van der Waals surface area contributed by atoms with E-state index in [1.165, 1.54) is 0 Å². The lowest BCUT2D eigenvalue weighted by Gasteiger charge is -2.30. The van der Waals surface area contributed by atoms with E-state index in [0.29, 0.717) is 0 Å². The zero-order chi connectivity index (χ0) is 15.8. The summed E-state index contributed by atoms with van der Waals surface area (Å²) >= 11 is 6.15. The Bertz CT molecular complexity index is 495. The van der Waals surface area contributed by atoms with Gasteiger partial charge in [-0.15, -0.1) is 0 Å². The van der Waals surface area contributed by atoms with Gasteiger partial charge in [0.05, 0.1) is 12.7 Å². The van der Waals surface area contributed by atoms with Crippen molar-refractivity contribution in [3.8, 4) is 0 Å². The van der Waals surface area contributed by atoms with Crippen molar-refractivity contribution >= 4 is 17.6 Å². The highest BCUT2D eigenvalue weighted by Gasteiger charge is 2.17. The van der Waals surface area contributed by atoms with Gasteiger partial charge in [-0.3, -0.25) is 4.99 Å². The lowest BCUT2D eigenvalue weighted by Crippen LogP contribution is -2.48. The Labute approximate surface area is 137 Å². The number of morpholine rings is 1. The van der Waals surface area contributed by atoms with Crippen molar-refractivity contribution in [3.05, 3.63) is 34.9 Å². The molecule has 0 aromatic heterocycles. The summed E-state index contributed by atoms with van der Waals surface area (Å²) in [5.41, 5.74) is 1.14. The van der Waals surface area contributed by atoms with Crippen molar-refractivity contribution in [2.24, 2.45) is 4.99 Å². The molecule has 0 saturated carbocycles. The predicted molar refractivity (Wildman–Crippen MR) is 91.8 cm³/mol. The zero-order valence-corrected chi connectivity index (χ0v) is 14.1. The summed E-state index contributed by atoms with van der Waals surface area (Å²) in [5.74, 6) is 0.795. The second-order valence-electron chi connectivity index (χ2n) is 5.48. The summed E-state index contributed by atoms with van der Waals surface area (Å²) in [5, 5.41) is 7.43. The number of rotatable bonds is 5. The van der Waals surface area contributed by atoms with Gasteiger partial charge in [-0.05, 0) is 25.1 Å². The van der Waals surface area contributed by atoms with Crippen molar-refractivity contribution in [2.45, 2.75) is 12.5 Å². The van der Waals surface area contributed by atoms with Crippen LogP contribution in [0.4, 0.5) is 0 Å². The molecule has 1 atom stereocenters. The van der Waals surface area contributed by atoms with Crippen LogP contribution in [0.15, 0.2) is 29.3 Å². The maximum atomic E-state index is 6.15. The third-order valence-electron chi connectivity index (χ3n) is 3.71. The van der Waals surface area contributed by atoms with Crippen LogP contribution in [0.2, 0.25) is 5.02 Å². The standard InChI is InChI=1S/C16H25ClN4O/c1-18-16(20-11-14-12-21(2)9-10-22-14)19-8-7-13-5-3-4-6-15(13)17/h3-6,14H,7-12H2,1-2H3,(H2,18,19,20). The molecule has 1 aromatic carbocycles. The van der Waals surface area contributed by atoms with Crippen LogP contribution < -0.4 is 10.6 Å². The quantitative estimate of drug-likeness (QED) is 0.634. The molecule has 2 N–H and O–H groups in total. The fourth-order valence-corrected chi connectivity index (χ4v) is 2.67. The molecule has 0 radical (unpaired) electrons. The number of nitrogens with zero attached hydrogens (tertiary/aromatic N) is 2. The van der Waals surface area contributed by atoms with Gasteiger partial charge in [0.1, 0.15) is 0 Å². The van der Waals surface area contributed by atoms with Crippen LogP contribution in [-0.2, 0) is 11.2 Å². The topological polar surface area (TPSA) is 48.9 Å². The summed E-state index contributed by atoms with van der Waals surface area (Å²) in [6.45, 7) is 4.29. The van der Waals surface area contributed by atoms with E-state index in [2.05, 4.69) is 27.6 Å². The molecule has 1 heterocycles. The van der Waals surface area contributed by atoms with Crippen molar-refractivity contribution in [1.82, 2.24) is 15.5 Å². The van der Waals surface area contributed by atoms with Crippen molar-refractivity contribution in [2.75, 3.05) is 46.9 Å². The summed E-state index contributed by atoms with van der Waals surface area (Å²) in [6, 6.07) is 7.92. The minimum atomic E-state index is 0.209. The number of nitrogens with one attached hydrogen (secondary N) is 2.